The highest BCUT2D eigenvalue weighted by Crippen LogP contribution is 2.29. The highest BCUT2D eigenvalue weighted by atomic mass is 32.1. The number of hydrogen-bond acceptors (Lipinski definition) is 5. The third-order valence-electron chi connectivity index (χ3n) is 3.95. The fourth-order valence-corrected chi connectivity index (χ4v) is 3.73. The van der Waals surface area contributed by atoms with Crippen LogP contribution in [0.1, 0.15) is 54.8 Å². The predicted octanol–water partition coefficient (Wildman–Crippen LogP) is 3.30. The lowest BCUT2D eigenvalue weighted by molar-refractivity contribution is -0.117. The van der Waals surface area contributed by atoms with E-state index in [4.69, 9.17) is 4.74 Å². The fourth-order valence-electron chi connectivity index (χ4n) is 2.73. The lowest BCUT2D eigenvalue weighted by atomic mass is 10.2. The first kappa shape index (κ1) is 17.9. The van der Waals surface area contributed by atoms with Crippen LogP contribution in [0.2, 0.25) is 0 Å². The molecule has 1 aliphatic rings. The molecule has 0 radical (unpaired) electrons. The number of ether oxygens (including phenoxy) is 1. The summed E-state index contributed by atoms with van der Waals surface area (Å²) in [6, 6.07) is 1.82. The number of amides is 1. The summed E-state index contributed by atoms with van der Waals surface area (Å²) >= 11 is 1.46. The predicted molar refractivity (Wildman–Crippen MR) is 93.2 cm³/mol. The van der Waals surface area contributed by atoms with Crippen LogP contribution in [0, 0.1) is 0 Å². The molecule has 1 saturated heterocycles. The summed E-state index contributed by atoms with van der Waals surface area (Å²) in [4.78, 5) is 27.6. The minimum absolute atomic E-state index is 0.0537. The van der Waals surface area contributed by atoms with Crippen LogP contribution in [0.15, 0.2) is 6.07 Å². The number of nitrogens with one attached hydrogen (secondary N) is 1. The zero-order chi connectivity index (χ0) is 16.7. The molecule has 1 aromatic rings. The van der Waals surface area contributed by atoms with Gasteiger partial charge in [0.15, 0.2) is 0 Å². The van der Waals surface area contributed by atoms with Crippen LogP contribution in [0.25, 0.3) is 0 Å². The van der Waals surface area contributed by atoms with Gasteiger partial charge in [-0.2, -0.15) is 0 Å². The lowest BCUT2D eigenvalue weighted by Gasteiger charge is -2.18. The summed E-state index contributed by atoms with van der Waals surface area (Å²) in [5, 5.41) is 3.52. The molecule has 6 heteroatoms. The summed E-state index contributed by atoms with van der Waals surface area (Å²) in [5.41, 5.74) is 0.470. The molecule has 0 aliphatic carbocycles. The molecule has 0 bridgehead atoms. The number of aryl methyl sites for hydroxylation is 1. The highest BCUT2D eigenvalue weighted by Gasteiger charge is 2.20. The van der Waals surface area contributed by atoms with Crippen molar-refractivity contribution in [3.63, 3.8) is 0 Å². The number of rotatable bonds is 6. The van der Waals surface area contributed by atoms with Crippen LogP contribution >= 0.6 is 11.3 Å². The summed E-state index contributed by atoms with van der Waals surface area (Å²) in [6.07, 6.45) is 5.63. The Balaban J connectivity index is 2.01. The Labute approximate surface area is 142 Å². The van der Waals surface area contributed by atoms with Crippen LogP contribution < -0.4 is 5.32 Å². The van der Waals surface area contributed by atoms with Gasteiger partial charge < -0.3 is 10.1 Å². The van der Waals surface area contributed by atoms with Gasteiger partial charge >= 0.3 is 5.97 Å². The van der Waals surface area contributed by atoms with E-state index in [0.717, 1.165) is 37.2 Å². The number of likely N-dealkylation sites (tertiary alicyclic amines) is 1. The van der Waals surface area contributed by atoms with Crippen molar-refractivity contribution >= 4 is 28.2 Å². The molecule has 2 heterocycles. The Bertz CT molecular complexity index is 534. The number of carbonyl (C=O) groups excluding carboxylic acids is 2. The van der Waals surface area contributed by atoms with Crippen LogP contribution in [0.5, 0.6) is 0 Å². The second kappa shape index (κ2) is 9.03. The maximum absolute atomic E-state index is 12.3. The number of hydrogen-bond donors (Lipinski definition) is 1. The molecule has 1 aromatic heterocycles. The van der Waals surface area contributed by atoms with Gasteiger partial charge in [0.05, 0.1) is 18.7 Å². The minimum atomic E-state index is -0.367. The average Bonchev–Trinajstić information content (AvgIpc) is 2.75. The molecule has 0 atom stereocenters. The Morgan fingerprint density at radius 1 is 1.22 bits per heavy atom. The summed E-state index contributed by atoms with van der Waals surface area (Å²) in [7, 11) is 0. The molecule has 0 saturated carbocycles. The van der Waals surface area contributed by atoms with E-state index in [1.54, 1.807) is 6.92 Å². The molecular formula is C17H26N2O3S. The van der Waals surface area contributed by atoms with Gasteiger partial charge in [0.2, 0.25) is 5.91 Å². The number of carbonyl (C=O) groups is 2. The van der Waals surface area contributed by atoms with Crippen molar-refractivity contribution in [3.8, 4) is 0 Å². The summed E-state index contributed by atoms with van der Waals surface area (Å²) in [5.74, 6) is -0.421. The molecule has 0 unspecified atom stereocenters. The van der Waals surface area contributed by atoms with Gasteiger partial charge in [-0.25, -0.2) is 4.79 Å². The monoisotopic (exact) mass is 338 g/mol. The van der Waals surface area contributed by atoms with Crippen LogP contribution in [-0.2, 0) is 16.0 Å². The largest absolute Gasteiger partial charge is 0.462 e. The zero-order valence-corrected chi connectivity index (χ0v) is 14.8. The van der Waals surface area contributed by atoms with E-state index in [1.165, 1.54) is 24.2 Å². The number of thiophene rings is 1. The van der Waals surface area contributed by atoms with E-state index in [0.29, 0.717) is 23.7 Å². The van der Waals surface area contributed by atoms with E-state index in [1.807, 2.05) is 13.0 Å². The smallest absolute Gasteiger partial charge is 0.341 e. The van der Waals surface area contributed by atoms with Gasteiger partial charge in [0.1, 0.15) is 5.00 Å². The number of esters is 1. The zero-order valence-electron chi connectivity index (χ0n) is 14.0. The summed E-state index contributed by atoms with van der Waals surface area (Å²) in [6.45, 7) is 6.48. The van der Waals surface area contributed by atoms with E-state index in [9.17, 15) is 9.59 Å². The molecule has 0 aromatic carbocycles. The third-order valence-corrected chi connectivity index (χ3v) is 5.14. The first-order valence-electron chi connectivity index (χ1n) is 8.46. The number of anilines is 1. The Hall–Kier alpha value is -1.40. The van der Waals surface area contributed by atoms with Gasteiger partial charge in [0, 0.05) is 4.88 Å². The molecular weight excluding hydrogens is 312 g/mol. The van der Waals surface area contributed by atoms with E-state index >= 15 is 0 Å². The molecule has 1 fully saturated rings. The molecule has 1 amide bonds. The molecule has 128 valence electrons. The quantitative estimate of drug-likeness (QED) is 0.809. The minimum Gasteiger partial charge on any atom is -0.462 e. The van der Waals surface area contributed by atoms with E-state index in [2.05, 4.69) is 10.2 Å². The second-order valence-corrected chi connectivity index (χ2v) is 6.90. The van der Waals surface area contributed by atoms with Crippen molar-refractivity contribution in [2.45, 2.75) is 46.0 Å². The van der Waals surface area contributed by atoms with Crippen molar-refractivity contribution in [1.82, 2.24) is 4.90 Å². The van der Waals surface area contributed by atoms with Gasteiger partial charge in [-0.15, -0.1) is 11.3 Å². The highest BCUT2D eigenvalue weighted by molar-refractivity contribution is 7.16. The Morgan fingerprint density at radius 2 is 1.91 bits per heavy atom. The van der Waals surface area contributed by atoms with Crippen molar-refractivity contribution < 1.29 is 14.3 Å². The molecule has 23 heavy (non-hydrogen) atoms. The number of nitrogens with zero attached hydrogens (tertiary/aromatic N) is 1. The second-order valence-electron chi connectivity index (χ2n) is 5.77. The van der Waals surface area contributed by atoms with E-state index in [-0.39, 0.29) is 11.9 Å². The third kappa shape index (κ3) is 5.32. The van der Waals surface area contributed by atoms with Gasteiger partial charge in [-0.05, 0) is 45.3 Å². The standard InChI is InChI=1S/C17H26N2O3S/c1-3-13-11-14(17(21)22-4-2)16(23-13)18-15(20)12-19-9-7-5-6-8-10-19/h11H,3-10,12H2,1-2H3,(H,18,20). The average molecular weight is 338 g/mol. The van der Waals surface area contributed by atoms with Gasteiger partial charge in [0.25, 0.3) is 0 Å². The van der Waals surface area contributed by atoms with Crippen LogP contribution in [-0.4, -0.2) is 43.0 Å². The van der Waals surface area contributed by atoms with Crippen LogP contribution in [0.4, 0.5) is 5.00 Å². The van der Waals surface area contributed by atoms with Crippen molar-refractivity contribution in [3.05, 3.63) is 16.5 Å². The lowest BCUT2D eigenvalue weighted by Crippen LogP contribution is -2.34. The summed E-state index contributed by atoms with van der Waals surface area (Å²) < 4.78 is 5.08. The van der Waals surface area contributed by atoms with E-state index < -0.39 is 0 Å². The molecule has 1 N–H and O–H groups in total. The topological polar surface area (TPSA) is 58.6 Å². The Morgan fingerprint density at radius 3 is 2.52 bits per heavy atom. The maximum Gasteiger partial charge on any atom is 0.341 e. The Kier molecular flexibility index (Phi) is 7.05. The van der Waals surface area contributed by atoms with Gasteiger partial charge in [-0.3, -0.25) is 9.69 Å². The normalized spacial score (nSPS) is 15.9. The molecule has 1 aliphatic heterocycles. The van der Waals surface area contributed by atoms with Gasteiger partial charge in [-0.1, -0.05) is 19.8 Å². The molecule has 0 spiro atoms. The fraction of sp³-hybridized carbons (Fsp3) is 0.647. The SMILES string of the molecule is CCOC(=O)c1cc(CC)sc1NC(=O)CN1CCCCCC1. The van der Waals surface area contributed by atoms with Crippen molar-refractivity contribution in [2.24, 2.45) is 0 Å². The van der Waals surface area contributed by atoms with Crippen molar-refractivity contribution in [1.29, 1.82) is 0 Å². The first-order valence-corrected chi connectivity index (χ1v) is 9.27. The maximum atomic E-state index is 12.3. The van der Waals surface area contributed by atoms with Crippen molar-refractivity contribution in [2.75, 3.05) is 31.6 Å². The molecule has 5 nitrogen and oxygen atoms in total. The molecule has 2 rings (SSSR count). The first-order chi connectivity index (χ1) is 11.1. The van der Waals surface area contributed by atoms with Crippen LogP contribution in [0.3, 0.4) is 0 Å².